The number of halogens is 1. The number of carbonyl (C=O) groups excluding carboxylic acids is 1. The van der Waals surface area contributed by atoms with Gasteiger partial charge in [0.1, 0.15) is 11.6 Å². The third-order valence-corrected chi connectivity index (χ3v) is 3.72. The molecule has 0 heterocycles. The molecule has 1 amide bonds. The van der Waals surface area contributed by atoms with E-state index >= 15 is 0 Å². The molecule has 0 radical (unpaired) electrons. The number of amides is 1. The molecule has 0 fully saturated rings. The van der Waals surface area contributed by atoms with Crippen LogP contribution in [0.25, 0.3) is 0 Å². The van der Waals surface area contributed by atoms with E-state index in [1.165, 1.54) is 42.5 Å². The first-order valence-corrected chi connectivity index (χ1v) is 7.50. The van der Waals surface area contributed by atoms with Crippen LogP contribution in [0.3, 0.4) is 0 Å². The Balaban J connectivity index is 2.24. The molecule has 0 aliphatic carbocycles. The molecule has 2 aromatic carbocycles. The van der Waals surface area contributed by atoms with Crippen molar-refractivity contribution in [1.82, 2.24) is 0 Å². The van der Waals surface area contributed by atoms with Crippen molar-refractivity contribution < 1.29 is 21.8 Å². The summed E-state index contributed by atoms with van der Waals surface area (Å²) < 4.78 is 41.8. The Bertz CT molecular complexity index is 774. The molecular weight excluding hydrogens is 297 g/mol. The molecule has 5 nitrogen and oxygen atoms in total. The van der Waals surface area contributed by atoms with E-state index < -0.39 is 27.6 Å². The van der Waals surface area contributed by atoms with Gasteiger partial charge < -0.3 is 9.92 Å². The summed E-state index contributed by atoms with van der Waals surface area (Å²) in [5.41, 5.74) is 5.34. The van der Waals surface area contributed by atoms with E-state index in [1.54, 1.807) is 0 Å². The fourth-order valence-electron chi connectivity index (χ4n) is 1.74. The first kappa shape index (κ1) is 15.0. The van der Waals surface area contributed by atoms with Crippen LogP contribution in [0.1, 0.15) is 15.9 Å². The molecule has 0 bridgehead atoms. The summed E-state index contributed by atoms with van der Waals surface area (Å²) in [6.07, 6.45) is 0. The Morgan fingerprint density at radius 3 is 2.52 bits per heavy atom. The van der Waals surface area contributed by atoms with Gasteiger partial charge in [-0.15, -0.1) is 0 Å². The van der Waals surface area contributed by atoms with E-state index in [1.807, 2.05) is 0 Å². The maximum absolute atomic E-state index is 13.0. The molecule has 0 aliphatic rings. The number of hydrogen-bond acceptors (Lipinski definition) is 4. The normalized spacial score (nSPS) is 11.1. The molecule has 0 unspecified atom stereocenters. The van der Waals surface area contributed by atoms with Gasteiger partial charge in [0.2, 0.25) is 0 Å². The van der Waals surface area contributed by atoms with E-state index in [9.17, 15) is 17.6 Å². The van der Waals surface area contributed by atoms with E-state index in [0.29, 0.717) is 0 Å². The zero-order valence-corrected chi connectivity index (χ0v) is 11.6. The van der Waals surface area contributed by atoms with Gasteiger partial charge in [-0.05, 0) is 29.8 Å². The average Bonchev–Trinajstić information content (AvgIpc) is 2.37. The van der Waals surface area contributed by atoms with Gasteiger partial charge in [-0.3, -0.25) is 4.79 Å². The van der Waals surface area contributed by atoms with Gasteiger partial charge in [-0.1, -0.05) is 24.3 Å². The van der Waals surface area contributed by atoms with Gasteiger partial charge in [0.25, 0.3) is 5.91 Å². The Hall–Kier alpha value is -2.41. The number of benzene rings is 2. The van der Waals surface area contributed by atoms with Crippen LogP contribution in [0.2, 0.25) is 0 Å². The van der Waals surface area contributed by atoms with Crippen molar-refractivity contribution in [1.29, 1.82) is 0 Å². The monoisotopic (exact) mass is 309 g/mol. The Labute approximate surface area is 121 Å². The lowest BCUT2D eigenvalue weighted by atomic mass is 10.2. The Morgan fingerprint density at radius 1 is 1.14 bits per heavy atom. The van der Waals surface area contributed by atoms with E-state index in [-0.39, 0.29) is 16.9 Å². The number of nitrogens with two attached hydrogens (primary N) is 1. The number of primary amides is 1. The van der Waals surface area contributed by atoms with Gasteiger partial charge in [0.15, 0.2) is 5.75 Å². The second-order valence-corrected chi connectivity index (χ2v) is 5.85. The van der Waals surface area contributed by atoms with Crippen molar-refractivity contribution in [3.8, 4) is 5.75 Å². The van der Waals surface area contributed by atoms with Crippen molar-refractivity contribution in [2.24, 2.45) is 5.73 Å². The molecule has 0 saturated heterocycles. The maximum Gasteiger partial charge on any atom is 0.313 e. The minimum absolute atomic E-state index is 0.0414. The largest absolute Gasteiger partial charge is 0.381 e. The number of carbonyl (C=O) groups is 1. The summed E-state index contributed by atoms with van der Waals surface area (Å²) in [7, 11) is -4.03. The van der Waals surface area contributed by atoms with Gasteiger partial charge in [-0.25, -0.2) is 4.39 Å². The van der Waals surface area contributed by atoms with Crippen LogP contribution in [0.15, 0.2) is 48.5 Å². The summed E-state index contributed by atoms with van der Waals surface area (Å²) in [6, 6.07) is 10.9. The number of para-hydroxylation sites is 1. The third-order valence-electron chi connectivity index (χ3n) is 2.60. The first-order chi connectivity index (χ1) is 9.87. The Morgan fingerprint density at radius 2 is 1.86 bits per heavy atom. The van der Waals surface area contributed by atoms with E-state index in [0.717, 1.165) is 6.07 Å². The van der Waals surface area contributed by atoms with Crippen LogP contribution in [0.4, 0.5) is 4.39 Å². The first-order valence-electron chi connectivity index (χ1n) is 5.93. The van der Waals surface area contributed by atoms with Crippen LogP contribution in [0, 0.1) is 5.82 Å². The van der Waals surface area contributed by atoms with Crippen LogP contribution >= 0.6 is 0 Å². The molecule has 110 valence electrons. The highest BCUT2D eigenvalue weighted by Gasteiger charge is 2.18. The summed E-state index contributed by atoms with van der Waals surface area (Å²) in [6.45, 7) is 0. The zero-order chi connectivity index (χ0) is 15.5. The van der Waals surface area contributed by atoms with Crippen LogP contribution in [-0.2, 0) is 15.9 Å². The molecule has 2 rings (SSSR count). The molecule has 0 aliphatic heterocycles. The van der Waals surface area contributed by atoms with Crippen LogP contribution in [-0.4, -0.2) is 14.3 Å². The minimum Gasteiger partial charge on any atom is -0.381 e. The van der Waals surface area contributed by atoms with Crippen molar-refractivity contribution in [3.05, 3.63) is 65.5 Å². The second kappa shape index (κ2) is 5.92. The van der Waals surface area contributed by atoms with Gasteiger partial charge in [-0.2, -0.15) is 8.42 Å². The van der Waals surface area contributed by atoms with Crippen LogP contribution < -0.4 is 9.92 Å². The van der Waals surface area contributed by atoms with Crippen molar-refractivity contribution in [3.63, 3.8) is 0 Å². The standard InChI is InChI=1S/C14H12FNO4S/c15-11-5-3-4-10(8-11)9-21(18,19)20-13-7-2-1-6-12(13)14(16)17/h1-8H,9H2,(H2,16,17). The molecular formula is C14H12FNO4S. The molecule has 2 aromatic rings. The summed E-state index contributed by atoms with van der Waals surface area (Å²) >= 11 is 0. The topological polar surface area (TPSA) is 86.5 Å². The minimum atomic E-state index is -4.03. The van der Waals surface area contributed by atoms with Gasteiger partial charge >= 0.3 is 10.1 Å². The highest BCUT2D eigenvalue weighted by molar-refractivity contribution is 7.86. The summed E-state index contributed by atoms with van der Waals surface area (Å²) in [5.74, 6) is -2.01. The fourth-order valence-corrected chi connectivity index (χ4v) is 2.81. The SMILES string of the molecule is NC(=O)c1ccccc1OS(=O)(=O)Cc1cccc(F)c1. The highest BCUT2D eigenvalue weighted by atomic mass is 32.2. The highest BCUT2D eigenvalue weighted by Crippen LogP contribution is 2.21. The fraction of sp³-hybridized carbons (Fsp3) is 0.0714. The zero-order valence-electron chi connectivity index (χ0n) is 10.8. The van der Waals surface area contributed by atoms with Crippen molar-refractivity contribution in [2.45, 2.75) is 5.75 Å². The van der Waals surface area contributed by atoms with Crippen molar-refractivity contribution in [2.75, 3.05) is 0 Å². The average molecular weight is 309 g/mol. The van der Waals surface area contributed by atoms with Crippen molar-refractivity contribution >= 4 is 16.0 Å². The predicted molar refractivity (Wildman–Crippen MR) is 74.6 cm³/mol. The van der Waals surface area contributed by atoms with E-state index in [4.69, 9.17) is 9.92 Å². The molecule has 0 spiro atoms. The lowest BCUT2D eigenvalue weighted by Crippen LogP contribution is -2.17. The predicted octanol–water partition coefficient (Wildman–Crippen LogP) is 1.83. The molecule has 7 heteroatoms. The Kier molecular flexibility index (Phi) is 4.23. The van der Waals surface area contributed by atoms with E-state index in [2.05, 4.69) is 0 Å². The van der Waals surface area contributed by atoms with Gasteiger partial charge in [0.05, 0.1) is 5.56 Å². The lowest BCUT2D eigenvalue weighted by molar-refractivity contribution is 0.0999. The number of hydrogen-bond donors (Lipinski definition) is 1. The molecule has 0 atom stereocenters. The summed E-state index contributed by atoms with van der Waals surface area (Å²) in [5, 5.41) is 0. The molecule has 21 heavy (non-hydrogen) atoms. The smallest absolute Gasteiger partial charge is 0.313 e. The van der Waals surface area contributed by atoms with Crippen LogP contribution in [0.5, 0.6) is 5.75 Å². The quantitative estimate of drug-likeness (QED) is 0.854. The third kappa shape index (κ3) is 4.03. The molecule has 2 N–H and O–H groups in total. The van der Waals surface area contributed by atoms with Gasteiger partial charge in [0, 0.05) is 0 Å². The number of rotatable bonds is 5. The maximum atomic E-state index is 13.0. The molecule has 0 saturated carbocycles. The summed E-state index contributed by atoms with van der Waals surface area (Å²) in [4.78, 5) is 11.2. The lowest BCUT2D eigenvalue weighted by Gasteiger charge is -2.09. The second-order valence-electron chi connectivity index (χ2n) is 4.28. The molecule has 0 aromatic heterocycles.